The highest BCUT2D eigenvalue weighted by atomic mass is 32.2. The number of rotatable bonds is 8. The van der Waals surface area contributed by atoms with Crippen molar-refractivity contribution in [3.05, 3.63) is 23.8 Å². The second-order valence-electron chi connectivity index (χ2n) is 6.75. The molecule has 0 unspecified atom stereocenters. The molecular formula is C19H30N2O4S. The minimum atomic E-state index is -0.490. The molecule has 0 bridgehead atoms. The van der Waals surface area contributed by atoms with Crippen LogP contribution in [0.4, 0.5) is 0 Å². The first-order chi connectivity index (χ1) is 12.7. The number of ether oxygens (including phenoxy) is 3. The predicted molar refractivity (Wildman–Crippen MR) is 104 cm³/mol. The third-order valence-corrected chi connectivity index (χ3v) is 5.68. The molecule has 2 aliphatic rings. The van der Waals surface area contributed by atoms with E-state index in [1.54, 1.807) is 7.11 Å². The number of morpholine rings is 1. The van der Waals surface area contributed by atoms with E-state index in [9.17, 15) is 5.11 Å². The topological polar surface area (TPSA) is 54.4 Å². The Labute approximate surface area is 160 Å². The van der Waals surface area contributed by atoms with Gasteiger partial charge in [0.05, 0.1) is 20.3 Å². The molecule has 2 aliphatic heterocycles. The lowest BCUT2D eigenvalue weighted by atomic mass is 10.2. The van der Waals surface area contributed by atoms with Crippen molar-refractivity contribution in [3.63, 3.8) is 0 Å². The summed E-state index contributed by atoms with van der Waals surface area (Å²) in [5.41, 5.74) is 1.20. The average molecular weight is 383 g/mol. The van der Waals surface area contributed by atoms with Crippen molar-refractivity contribution in [3.8, 4) is 11.5 Å². The molecule has 2 fully saturated rings. The largest absolute Gasteiger partial charge is 0.493 e. The number of methoxy groups -OCH3 is 1. The van der Waals surface area contributed by atoms with Crippen molar-refractivity contribution in [2.75, 3.05) is 71.2 Å². The lowest BCUT2D eigenvalue weighted by Gasteiger charge is -2.28. The first kappa shape index (κ1) is 19.8. The Kier molecular flexibility index (Phi) is 7.88. The number of aliphatic hydroxyl groups is 1. The molecular weight excluding hydrogens is 352 g/mol. The third-order valence-electron chi connectivity index (χ3n) is 4.74. The second kappa shape index (κ2) is 10.4. The summed E-state index contributed by atoms with van der Waals surface area (Å²) in [5, 5.41) is 10.3. The van der Waals surface area contributed by atoms with Crippen LogP contribution in [0.1, 0.15) is 5.56 Å². The van der Waals surface area contributed by atoms with Crippen LogP contribution in [0.15, 0.2) is 18.2 Å². The van der Waals surface area contributed by atoms with Crippen LogP contribution in [0.25, 0.3) is 0 Å². The monoisotopic (exact) mass is 382 g/mol. The molecule has 0 saturated carbocycles. The van der Waals surface area contributed by atoms with Gasteiger partial charge in [-0.05, 0) is 17.7 Å². The average Bonchev–Trinajstić information content (AvgIpc) is 2.68. The number of β-amino-alcohol motifs (C(OH)–C–C–N with tert-alkyl or cyclic N) is 1. The van der Waals surface area contributed by atoms with Crippen LogP contribution in [0.5, 0.6) is 11.5 Å². The number of hydrogen-bond donors (Lipinski definition) is 1. The number of nitrogens with zero attached hydrogens (tertiary/aromatic N) is 2. The molecule has 0 aromatic heterocycles. The van der Waals surface area contributed by atoms with Crippen molar-refractivity contribution in [2.24, 2.45) is 0 Å². The van der Waals surface area contributed by atoms with E-state index < -0.39 is 6.10 Å². The van der Waals surface area contributed by atoms with Gasteiger partial charge in [0.2, 0.25) is 0 Å². The molecule has 0 amide bonds. The van der Waals surface area contributed by atoms with Crippen LogP contribution in [-0.2, 0) is 11.3 Å². The van der Waals surface area contributed by atoms with Gasteiger partial charge >= 0.3 is 0 Å². The number of thioether (sulfide) groups is 1. The molecule has 26 heavy (non-hydrogen) atoms. The Morgan fingerprint density at radius 1 is 1.12 bits per heavy atom. The van der Waals surface area contributed by atoms with Crippen molar-refractivity contribution < 1.29 is 19.3 Å². The summed E-state index contributed by atoms with van der Waals surface area (Å²) in [6.07, 6.45) is -0.490. The van der Waals surface area contributed by atoms with E-state index in [-0.39, 0.29) is 6.61 Å². The van der Waals surface area contributed by atoms with Gasteiger partial charge in [0.15, 0.2) is 11.5 Å². The van der Waals surface area contributed by atoms with Gasteiger partial charge in [-0.15, -0.1) is 0 Å². The van der Waals surface area contributed by atoms with Crippen LogP contribution in [0.3, 0.4) is 0 Å². The normalized spacial score (nSPS) is 20.7. The van der Waals surface area contributed by atoms with Gasteiger partial charge in [0.25, 0.3) is 0 Å². The maximum absolute atomic E-state index is 10.3. The maximum Gasteiger partial charge on any atom is 0.161 e. The van der Waals surface area contributed by atoms with Gasteiger partial charge in [-0.25, -0.2) is 0 Å². The summed E-state index contributed by atoms with van der Waals surface area (Å²) in [6.45, 7) is 7.43. The SMILES string of the molecule is COc1cc(CN2CCOCC2)ccc1OC[C@H](O)CN1CCSCC1. The minimum Gasteiger partial charge on any atom is -0.493 e. The number of aliphatic hydroxyl groups excluding tert-OH is 1. The van der Waals surface area contributed by atoms with Crippen LogP contribution in [-0.4, -0.2) is 92.2 Å². The molecule has 2 saturated heterocycles. The van der Waals surface area contributed by atoms with Gasteiger partial charge in [0.1, 0.15) is 12.7 Å². The zero-order valence-corrected chi connectivity index (χ0v) is 16.4. The van der Waals surface area contributed by atoms with Crippen molar-refractivity contribution >= 4 is 11.8 Å². The molecule has 0 aliphatic carbocycles. The molecule has 146 valence electrons. The standard InChI is InChI=1S/C19H30N2O4S/c1-23-19-12-16(13-20-4-8-24-9-5-20)2-3-18(19)25-15-17(22)14-21-6-10-26-11-7-21/h2-3,12,17,22H,4-11,13-15H2,1H3/t17-/m1/s1. The molecule has 1 N–H and O–H groups in total. The van der Waals surface area contributed by atoms with Gasteiger partial charge in [-0.1, -0.05) is 6.07 Å². The van der Waals surface area contributed by atoms with Crippen molar-refractivity contribution in [2.45, 2.75) is 12.6 Å². The molecule has 1 atom stereocenters. The summed E-state index contributed by atoms with van der Waals surface area (Å²) < 4.78 is 16.7. The lowest BCUT2D eigenvalue weighted by molar-refractivity contribution is 0.0341. The Hall–Kier alpha value is -0.990. The fourth-order valence-corrected chi connectivity index (χ4v) is 4.25. The maximum atomic E-state index is 10.3. The van der Waals surface area contributed by atoms with Crippen LogP contribution >= 0.6 is 11.8 Å². The zero-order valence-electron chi connectivity index (χ0n) is 15.6. The van der Waals surface area contributed by atoms with E-state index in [0.717, 1.165) is 63.2 Å². The van der Waals surface area contributed by atoms with Crippen LogP contribution in [0, 0.1) is 0 Å². The molecule has 1 aromatic rings. The van der Waals surface area contributed by atoms with Gasteiger partial charge in [-0.3, -0.25) is 9.80 Å². The van der Waals surface area contributed by atoms with Crippen molar-refractivity contribution in [1.82, 2.24) is 9.80 Å². The van der Waals surface area contributed by atoms with E-state index in [2.05, 4.69) is 15.9 Å². The quantitative estimate of drug-likeness (QED) is 0.728. The van der Waals surface area contributed by atoms with E-state index >= 15 is 0 Å². The number of benzene rings is 1. The molecule has 2 heterocycles. The minimum absolute atomic E-state index is 0.281. The van der Waals surface area contributed by atoms with Gasteiger partial charge in [0, 0.05) is 50.8 Å². The molecule has 3 rings (SSSR count). The van der Waals surface area contributed by atoms with Crippen molar-refractivity contribution in [1.29, 1.82) is 0 Å². The molecule has 0 radical (unpaired) electrons. The molecule has 6 nitrogen and oxygen atoms in total. The highest BCUT2D eigenvalue weighted by Crippen LogP contribution is 2.29. The summed E-state index contributed by atoms with van der Waals surface area (Å²) in [4.78, 5) is 4.67. The Morgan fingerprint density at radius 2 is 1.88 bits per heavy atom. The lowest BCUT2D eigenvalue weighted by Crippen LogP contribution is -2.40. The van der Waals surface area contributed by atoms with Gasteiger partial charge in [-0.2, -0.15) is 11.8 Å². The summed E-state index contributed by atoms with van der Waals surface area (Å²) in [5.74, 6) is 3.70. The highest BCUT2D eigenvalue weighted by Gasteiger charge is 2.17. The van der Waals surface area contributed by atoms with Gasteiger partial charge < -0.3 is 19.3 Å². The first-order valence-electron chi connectivity index (χ1n) is 9.32. The Morgan fingerprint density at radius 3 is 2.62 bits per heavy atom. The van der Waals surface area contributed by atoms with E-state index in [4.69, 9.17) is 14.2 Å². The summed E-state index contributed by atoms with van der Waals surface area (Å²) in [6, 6.07) is 6.04. The predicted octanol–water partition coefficient (Wildman–Crippen LogP) is 1.32. The van der Waals surface area contributed by atoms with E-state index in [1.807, 2.05) is 23.9 Å². The first-order valence-corrected chi connectivity index (χ1v) is 10.5. The Balaban J connectivity index is 1.50. The molecule has 7 heteroatoms. The smallest absolute Gasteiger partial charge is 0.161 e. The molecule has 0 spiro atoms. The zero-order chi connectivity index (χ0) is 18.2. The van der Waals surface area contributed by atoms with Crippen LogP contribution < -0.4 is 9.47 Å². The Bertz CT molecular complexity index is 548. The van der Waals surface area contributed by atoms with Crippen LogP contribution in [0.2, 0.25) is 0 Å². The number of hydrogen-bond acceptors (Lipinski definition) is 7. The van der Waals surface area contributed by atoms with E-state index in [1.165, 1.54) is 5.56 Å². The fourth-order valence-electron chi connectivity index (χ4n) is 3.27. The second-order valence-corrected chi connectivity index (χ2v) is 7.98. The van der Waals surface area contributed by atoms with E-state index in [0.29, 0.717) is 12.3 Å². The summed E-state index contributed by atoms with van der Waals surface area (Å²) in [7, 11) is 1.66. The third kappa shape index (κ3) is 6.03. The highest BCUT2D eigenvalue weighted by molar-refractivity contribution is 7.99. The summed E-state index contributed by atoms with van der Waals surface area (Å²) >= 11 is 1.97. The molecule has 1 aromatic carbocycles. The fraction of sp³-hybridized carbons (Fsp3) is 0.684.